The number of hydrogen-bond donors (Lipinski definition) is 2. The van der Waals surface area contributed by atoms with Crippen LogP contribution in [0.1, 0.15) is 18.4 Å². The first kappa shape index (κ1) is 18.4. The molecule has 0 bridgehead atoms. The Bertz CT molecular complexity index is 846. The molecule has 4 amide bonds. The Kier molecular flexibility index (Phi) is 5.39. The van der Waals surface area contributed by atoms with E-state index in [4.69, 9.17) is 4.74 Å². The summed E-state index contributed by atoms with van der Waals surface area (Å²) in [5.41, 5.74) is 1.40. The number of aryl methyl sites for hydroxylation is 1. The summed E-state index contributed by atoms with van der Waals surface area (Å²) in [6.45, 7) is 0.174. The van der Waals surface area contributed by atoms with Gasteiger partial charge in [-0.1, -0.05) is 12.1 Å². The normalized spacial score (nSPS) is 16.4. The maximum atomic E-state index is 12.5. The fourth-order valence-electron chi connectivity index (χ4n) is 2.82. The SMILES string of the molecule is COc1ccc(CN2C(=O)N[C@@H](CCC(=O)Nc3cnn(C)c3)C2=O)cc1. The highest BCUT2D eigenvalue weighted by atomic mass is 16.5. The van der Waals surface area contributed by atoms with Gasteiger partial charge in [0.05, 0.1) is 25.5 Å². The third-order valence-corrected chi connectivity index (χ3v) is 4.26. The minimum Gasteiger partial charge on any atom is -0.497 e. The molecule has 1 saturated heterocycles. The molecule has 1 fully saturated rings. The Hall–Kier alpha value is -3.36. The van der Waals surface area contributed by atoms with E-state index in [1.165, 1.54) is 6.20 Å². The molecular formula is C18H21N5O4. The third kappa shape index (κ3) is 4.43. The van der Waals surface area contributed by atoms with Gasteiger partial charge in [0, 0.05) is 19.7 Å². The highest BCUT2D eigenvalue weighted by molar-refractivity contribution is 6.04. The summed E-state index contributed by atoms with van der Waals surface area (Å²) < 4.78 is 6.67. The molecule has 142 valence electrons. The van der Waals surface area contributed by atoms with E-state index >= 15 is 0 Å². The molecule has 1 aliphatic rings. The van der Waals surface area contributed by atoms with Crippen molar-refractivity contribution in [3.63, 3.8) is 0 Å². The summed E-state index contributed by atoms with van der Waals surface area (Å²) in [7, 11) is 3.32. The number of benzene rings is 1. The minimum absolute atomic E-state index is 0.113. The molecule has 0 unspecified atom stereocenters. The van der Waals surface area contributed by atoms with E-state index in [1.807, 2.05) is 0 Å². The summed E-state index contributed by atoms with van der Waals surface area (Å²) in [5.74, 6) is 0.136. The van der Waals surface area contributed by atoms with Crippen LogP contribution in [0.5, 0.6) is 5.75 Å². The second kappa shape index (κ2) is 7.90. The minimum atomic E-state index is -0.699. The molecular weight excluding hydrogens is 350 g/mol. The molecule has 2 heterocycles. The van der Waals surface area contributed by atoms with Crippen LogP contribution in [0.2, 0.25) is 0 Å². The number of urea groups is 1. The average Bonchev–Trinajstić information content (AvgIpc) is 3.18. The number of nitrogens with one attached hydrogen (secondary N) is 2. The van der Waals surface area contributed by atoms with Gasteiger partial charge in [0.2, 0.25) is 5.91 Å². The second-order valence-corrected chi connectivity index (χ2v) is 6.26. The molecule has 3 rings (SSSR count). The van der Waals surface area contributed by atoms with Crippen molar-refractivity contribution >= 4 is 23.5 Å². The Labute approximate surface area is 156 Å². The molecule has 0 spiro atoms. The lowest BCUT2D eigenvalue weighted by Crippen LogP contribution is -2.31. The molecule has 1 atom stereocenters. The summed E-state index contributed by atoms with van der Waals surface area (Å²) in [4.78, 5) is 37.8. The molecule has 9 nitrogen and oxygen atoms in total. The van der Waals surface area contributed by atoms with Crippen LogP contribution in [0.3, 0.4) is 0 Å². The Morgan fingerprint density at radius 2 is 2.04 bits per heavy atom. The topological polar surface area (TPSA) is 106 Å². The van der Waals surface area contributed by atoms with Crippen LogP contribution < -0.4 is 15.4 Å². The quantitative estimate of drug-likeness (QED) is 0.713. The van der Waals surface area contributed by atoms with E-state index in [9.17, 15) is 14.4 Å². The lowest BCUT2D eigenvalue weighted by Gasteiger charge is -2.13. The van der Waals surface area contributed by atoms with Gasteiger partial charge in [0.1, 0.15) is 11.8 Å². The fraction of sp³-hybridized carbons (Fsp3) is 0.333. The van der Waals surface area contributed by atoms with Crippen molar-refractivity contribution in [2.24, 2.45) is 7.05 Å². The molecule has 27 heavy (non-hydrogen) atoms. The van der Waals surface area contributed by atoms with Crippen molar-refractivity contribution in [2.45, 2.75) is 25.4 Å². The van der Waals surface area contributed by atoms with E-state index in [0.717, 1.165) is 10.5 Å². The Morgan fingerprint density at radius 1 is 1.30 bits per heavy atom. The molecule has 1 aromatic carbocycles. The fourth-order valence-corrected chi connectivity index (χ4v) is 2.82. The van der Waals surface area contributed by atoms with Gasteiger partial charge in [-0.25, -0.2) is 4.79 Å². The molecule has 1 aliphatic heterocycles. The summed E-state index contributed by atoms with van der Waals surface area (Å²) in [6, 6.07) is 5.99. The number of ether oxygens (including phenoxy) is 1. The van der Waals surface area contributed by atoms with Crippen LogP contribution in [0, 0.1) is 0 Å². The number of carbonyl (C=O) groups is 3. The van der Waals surface area contributed by atoms with E-state index in [-0.39, 0.29) is 31.2 Å². The highest BCUT2D eigenvalue weighted by Crippen LogP contribution is 2.18. The lowest BCUT2D eigenvalue weighted by atomic mass is 10.1. The number of hydrogen-bond acceptors (Lipinski definition) is 5. The van der Waals surface area contributed by atoms with Gasteiger partial charge < -0.3 is 15.4 Å². The number of carbonyl (C=O) groups excluding carboxylic acids is 3. The van der Waals surface area contributed by atoms with Crippen molar-refractivity contribution in [2.75, 3.05) is 12.4 Å². The van der Waals surface area contributed by atoms with Gasteiger partial charge in [-0.2, -0.15) is 5.10 Å². The van der Waals surface area contributed by atoms with Gasteiger partial charge in [0.15, 0.2) is 0 Å². The van der Waals surface area contributed by atoms with Crippen molar-refractivity contribution in [3.05, 3.63) is 42.2 Å². The smallest absolute Gasteiger partial charge is 0.325 e. The number of amides is 4. The van der Waals surface area contributed by atoms with Crippen LogP contribution >= 0.6 is 0 Å². The largest absolute Gasteiger partial charge is 0.497 e. The maximum Gasteiger partial charge on any atom is 0.325 e. The molecule has 2 N–H and O–H groups in total. The summed E-state index contributed by atoms with van der Waals surface area (Å²) >= 11 is 0. The van der Waals surface area contributed by atoms with Gasteiger partial charge in [-0.3, -0.25) is 19.2 Å². The van der Waals surface area contributed by atoms with Crippen LogP contribution in [-0.2, 0) is 23.2 Å². The van der Waals surface area contributed by atoms with Crippen LogP contribution in [0.25, 0.3) is 0 Å². The van der Waals surface area contributed by atoms with Gasteiger partial charge >= 0.3 is 6.03 Å². The van der Waals surface area contributed by atoms with Crippen LogP contribution in [0.4, 0.5) is 10.5 Å². The van der Waals surface area contributed by atoms with Crippen LogP contribution in [0.15, 0.2) is 36.7 Å². The standard InChI is InChI=1S/C18H21N5O4/c1-22-11-13(9-19-22)20-16(24)8-7-15-17(25)23(18(26)21-15)10-12-3-5-14(27-2)6-4-12/h3-6,9,11,15H,7-8,10H2,1-2H3,(H,20,24)(H,21,26)/t15-/m0/s1. The van der Waals surface area contributed by atoms with Gasteiger partial charge in [0.25, 0.3) is 5.91 Å². The maximum absolute atomic E-state index is 12.5. The Morgan fingerprint density at radius 3 is 2.67 bits per heavy atom. The zero-order valence-electron chi connectivity index (χ0n) is 15.1. The zero-order valence-corrected chi connectivity index (χ0v) is 15.1. The number of imide groups is 1. The first-order chi connectivity index (χ1) is 13.0. The predicted octanol–water partition coefficient (Wildman–Crippen LogP) is 1.27. The summed E-state index contributed by atoms with van der Waals surface area (Å²) in [6.07, 6.45) is 3.56. The average molecular weight is 371 g/mol. The van der Waals surface area contributed by atoms with Gasteiger partial charge in [-0.15, -0.1) is 0 Å². The van der Waals surface area contributed by atoms with E-state index in [2.05, 4.69) is 15.7 Å². The van der Waals surface area contributed by atoms with Crippen molar-refractivity contribution in [1.82, 2.24) is 20.0 Å². The highest BCUT2D eigenvalue weighted by Gasteiger charge is 2.37. The van der Waals surface area contributed by atoms with Crippen molar-refractivity contribution in [1.29, 1.82) is 0 Å². The predicted molar refractivity (Wildman–Crippen MR) is 96.9 cm³/mol. The monoisotopic (exact) mass is 371 g/mol. The van der Waals surface area contributed by atoms with E-state index < -0.39 is 12.1 Å². The molecule has 0 saturated carbocycles. The zero-order chi connectivity index (χ0) is 19.4. The number of methoxy groups -OCH3 is 1. The number of nitrogens with zero attached hydrogens (tertiary/aromatic N) is 3. The first-order valence-electron chi connectivity index (χ1n) is 8.49. The molecule has 9 heteroatoms. The number of aromatic nitrogens is 2. The number of anilines is 1. The van der Waals surface area contributed by atoms with Crippen molar-refractivity contribution in [3.8, 4) is 5.75 Å². The van der Waals surface area contributed by atoms with E-state index in [1.54, 1.807) is 49.3 Å². The third-order valence-electron chi connectivity index (χ3n) is 4.26. The molecule has 0 aliphatic carbocycles. The van der Waals surface area contributed by atoms with E-state index in [0.29, 0.717) is 11.4 Å². The summed E-state index contributed by atoms with van der Waals surface area (Å²) in [5, 5.41) is 9.31. The Balaban J connectivity index is 1.52. The van der Waals surface area contributed by atoms with Crippen molar-refractivity contribution < 1.29 is 19.1 Å². The number of rotatable bonds is 7. The molecule has 1 aromatic heterocycles. The molecule has 0 radical (unpaired) electrons. The van der Waals surface area contributed by atoms with Crippen LogP contribution in [-0.4, -0.2) is 45.7 Å². The lowest BCUT2D eigenvalue weighted by molar-refractivity contribution is -0.128. The van der Waals surface area contributed by atoms with Gasteiger partial charge in [-0.05, 0) is 24.1 Å². The molecule has 2 aromatic rings. The first-order valence-corrected chi connectivity index (χ1v) is 8.49. The second-order valence-electron chi connectivity index (χ2n) is 6.26.